The molecule has 0 aromatic heterocycles. The minimum absolute atomic E-state index is 0.604. The summed E-state index contributed by atoms with van der Waals surface area (Å²) in [5.74, 6) is 0. The molecule has 0 heterocycles. The maximum absolute atomic E-state index is 10.5. The number of hydrogen-bond donors (Lipinski definition) is 0. The smallest absolute Gasteiger partial charge is 0.253 e. The Labute approximate surface area is 81.6 Å². The molecular weight excluding hydrogens is 188 g/mol. The topological polar surface area (TPSA) is 32.7 Å². The average Bonchev–Trinajstić information content (AvgIpc) is 2.15. The first-order valence-electron chi connectivity index (χ1n) is 3.72. The summed E-state index contributed by atoms with van der Waals surface area (Å²) in [6.45, 7) is 0. The summed E-state index contributed by atoms with van der Waals surface area (Å²) < 4.78 is 0. The van der Waals surface area contributed by atoms with Crippen LogP contribution in [0.4, 0.5) is 4.79 Å². The van der Waals surface area contributed by atoms with Crippen LogP contribution in [0.2, 0.25) is 0 Å². The Morgan fingerprint density at radius 1 is 1.46 bits per heavy atom. The van der Waals surface area contributed by atoms with Crippen LogP contribution >= 0.6 is 11.6 Å². The summed E-state index contributed by atoms with van der Waals surface area (Å²) in [6, 6.07) is 9.47. The fraction of sp³-hybridized carbons (Fsp3) is 0.111. The van der Waals surface area contributed by atoms with Gasteiger partial charge in [0.2, 0.25) is 0 Å². The summed E-state index contributed by atoms with van der Waals surface area (Å²) in [6.07, 6.45) is 1.57. The number of hydrogen-bond acceptors (Lipinski definition) is 2. The molecule has 1 aromatic rings. The van der Waals surface area contributed by atoms with Gasteiger partial charge in [-0.3, -0.25) is 4.79 Å². The van der Waals surface area contributed by atoms with Crippen molar-refractivity contribution >= 4 is 23.2 Å². The van der Waals surface area contributed by atoms with Gasteiger partial charge in [0.05, 0.1) is 6.21 Å². The van der Waals surface area contributed by atoms with Gasteiger partial charge in [0, 0.05) is 7.05 Å². The number of carbonyl (C=O) groups excluding carboxylic acids is 1. The second-order valence-corrected chi connectivity index (χ2v) is 2.76. The molecule has 0 fully saturated rings. The molecule has 13 heavy (non-hydrogen) atoms. The molecule has 3 nitrogen and oxygen atoms in total. The highest BCUT2D eigenvalue weighted by atomic mass is 35.5. The molecule has 0 spiro atoms. The minimum atomic E-state index is -0.604. The number of benzene rings is 1. The van der Waals surface area contributed by atoms with Crippen molar-refractivity contribution in [3.63, 3.8) is 0 Å². The van der Waals surface area contributed by atoms with Crippen LogP contribution in [0.5, 0.6) is 0 Å². The SMILES string of the molecule is CN(/N=C\c1ccccc1)C(=O)Cl. The Bertz CT molecular complexity index is 311. The van der Waals surface area contributed by atoms with Gasteiger partial charge in [-0.05, 0) is 17.2 Å². The molecule has 0 bridgehead atoms. The molecule has 0 aliphatic rings. The first kappa shape index (κ1) is 9.74. The van der Waals surface area contributed by atoms with Gasteiger partial charge in [-0.15, -0.1) is 0 Å². The Morgan fingerprint density at radius 2 is 2.08 bits per heavy atom. The Balaban J connectivity index is 2.64. The van der Waals surface area contributed by atoms with Gasteiger partial charge in [0.15, 0.2) is 0 Å². The molecule has 0 radical (unpaired) electrons. The molecule has 1 amide bonds. The van der Waals surface area contributed by atoms with E-state index in [4.69, 9.17) is 11.6 Å². The van der Waals surface area contributed by atoms with Crippen LogP contribution in [-0.2, 0) is 0 Å². The van der Waals surface area contributed by atoms with E-state index < -0.39 is 5.37 Å². The quantitative estimate of drug-likeness (QED) is 0.309. The van der Waals surface area contributed by atoms with Gasteiger partial charge in [0.25, 0.3) is 0 Å². The lowest BCUT2D eigenvalue weighted by atomic mass is 10.2. The predicted molar refractivity (Wildman–Crippen MR) is 53.0 cm³/mol. The first-order chi connectivity index (χ1) is 6.20. The summed E-state index contributed by atoms with van der Waals surface area (Å²) in [7, 11) is 1.49. The van der Waals surface area contributed by atoms with Gasteiger partial charge in [-0.1, -0.05) is 30.3 Å². The van der Waals surface area contributed by atoms with Gasteiger partial charge < -0.3 is 0 Å². The van der Waals surface area contributed by atoms with E-state index in [2.05, 4.69) is 5.10 Å². The standard InChI is InChI=1S/C9H9ClN2O/c1-12(9(10)13)11-7-8-5-3-2-4-6-8/h2-7H,1H3/b11-7-. The van der Waals surface area contributed by atoms with Crippen LogP contribution in [0, 0.1) is 0 Å². The van der Waals surface area contributed by atoms with E-state index in [1.54, 1.807) is 6.21 Å². The van der Waals surface area contributed by atoms with Crippen molar-refractivity contribution in [1.82, 2.24) is 5.01 Å². The van der Waals surface area contributed by atoms with Gasteiger partial charge in [-0.25, -0.2) is 5.01 Å². The van der Waals surface area contributed by atoms with Crippen LogP contribution in [0.1, 0.15) is 5.56 Å². The number of nitrogens with zero attached hydrogens (tertiary/aromatic N) is 2. The zero-order valence-corrected chi connectivity index (χ0v) is 7.90. The third kappa shape index (κ3) is 3.25. The van der Waals surface area contributed by atoms with Crippen molar-refractivity contribution in [1.29, 1.82) is 0 Å². The number of rotatable bonds is 2. The van der Waals surface area contributed by atoms with E-state index in [9.17, 15) is 4.79 Å². The summed E-state index contributed by atoms with van der Waals surface area (Å²) in [5, 5.41) is 4.28. The first-order valence-corrected chi connectivity index (χ1v) is 4.10. The summed E-state index contributed by atoms with van der Waals surface area (Å²) in [5.41, 5.74) is 0.923. The minimum Gasteiger partial charge on any atom is -0.253 e. The number of halogens is 1. The lowest BCUT2D eigenvalue weighted by Gasteiger charge is -2.03. The number of amides is 1. The van der Waals surface area contributed by atoms with Crippen molar-refractivity contribution in [2.45, 2.75) is 0 Å². The molecule has 0 unspecified atom stereocenters. The normalized spacial score (nSPS) is 10.3. The highest BCUT2D eigenvalue weighted by Gasteiger charge is 1.98. The molecule has 1 aromatic carbocycles. The lowest BCUT2D eigenvalue weighted by Crippen LogP contribution is -2.13. The third-order valence-corrected chi connectivity index (χ3v) is 1.68. The van der Waals surface area contributed by atoms with E-state index in [0.717, 1.165) is 10.6 Å². The molecule has 0 saturated carbocycles. The Morgan fingerprint density at radius 3 is 2.62 bits per heavy atom. The van der Waals surface area contributed by atoms with Crippen LogP contribution < -0.4 is 0 Å². The van der Waals surface area contributed by atoms with Crippen LogP contribution in [0.3, 0.4) is 0 Å². The fourth-order valence-electron chi connectivity index (χ4n) is 0.738. The van der Waals surface area contributed by atoms with E-state index in [1.165, 1.54) is 7.05 Å². The van der Waals surface area contributed by atoms with Crippen LogP contribution in [-0.4, -0.2) is 23.6 Å². The molecule has 1 rings (SSSR count). The zero-order valence-electron chi connectivity index (χ0n) is 7.14. The van der Waals surface area contributed by atoms with Crippen molar-refractivity contribution in [2.24, 2.45) is 5.10 Å². The maximum Gasteiger partial charge on any atom is 0.336 e. The lowest BCUT2D eigenvalue weighted by molar-refractivity contribution is 0.234. The van der Waals surface area contributed by atoms with Gasteiger partial charge >= 0.3 is 5.37 Å². The molecule has 0 aliphatic heterocycles. The van der Waals surface area contributed by atoms with Crippen molar-refractivity contribution in [3.8, 4) is 0 Å². The summed E-state index contributed by atoms with van der Waals surface area (Å²) >= 11 is 5.17. The number of carbonyl (C=O) groups is 1. The van der Waals surface area contributed by atoms with Crippen LogP contribution in [0.15, 0.2) is 35.4 Å². The van der Waals surface area contributed by atoms with Crippen molar-refractivity contribution < 1.29 is 4.79 Å². The molecule has 4 heteroatoms. The Hall–Kier alpha value is -1.35. The monoisotopic (exact) mass is 196 g/mol. The second-order valence-electron chi connectivity index (χ2n) is 2.43. The molecule has 0 saturated heterocycles. The highest BCUT2D eigenvalue weighted by molar-refractivity contribution is 6.62. The zero-order chi connectivity index (χ0) is 9.68. The van der Waals surface area contributed by atoms with E-state index in [1.807, 2.05) is 30.3 Å². The fourth-order valence-corrected chi connectivity index (χ4v) is 0.781. The largest absolute Gasteiger partial charge is 0.336 e. The van der Waals surface area contributed by atoms with E-state index in [0.29, 0.717) is 0 Å². The molecule has 0 N–H and O–H groups in total. The van der Waals surface area contributed by atoms with E-state index >= 15 is 0 Å². The molecule has 0 atom stereocenters. The van der Waals surface area contributed by atoms with Gasteiger partial charge in [-0.2, -0.15) is 5.10 Å². The highest BCUT2D eigenvalue weighted by Crippen LogP contribution is 1.96. The maximum atomic E-state index is 10.5. The Kier molecular flexibility index (Phi) is 3.46. The second kappa shape index (κ2) is 4.62. The van der Waals surface area contributed by atoms with Crippen molar-refractivity contribution in [3.05, 3.63) is 35.9 Å². The average molecular weight is 197 g/mol. The van der Waals surface area contributed by atoms with E-state index in [-0.39, 0.29) is 0 Å². The third-order valence-electron chi connectivity index (χ3n) is 1.43. The number of hydrazone groups is 1. The van der Waals surface area contributed by atoms with Crippen LogP contribution in [0.25, 0.3) is 0 Å². The molecule has 68 valence electrons. The molecule has 0 aliphatic carbocycles. The van der Waals surface area contributed by atoms with Gasteiger partial charge in [0.1, 0.15) is 0 Å². The molecular formula is C9H9ClN2O. The summed E-state index contributed by atoms with van der Waals surface area (Å²) in [4.78, 5) is 10.5. The van der Waals surface area contributed by atoms with Crippen molar-refractivity contribution in [2.75, 3.05) is 7.05 Å². The predicted octanol–water partition coefficient (Wildman–Crippen LogP) is 2.31.